The first-order chi connectivity index (χ1) is 12.0. The van der Waals surface area contributed by atoms with Crippen LogP contribution in [0.3, 0.4) is 0 Å². The Hall–Kier alpha value is -1.94. The van der Waals surface area contributed by atoms with E-state index in [1.54, 1.807) is 12.4 Å². The molecule has 0 aliphatic carbocycles. The molecule has 0 spiro atoms. The number of benzene rings is 2. The first-order valence-corrected chi connectivity index (χ1v) is 8.91. The Bertz CT molecular complexity index is 954. The van der Waals surface area contributed by atoms with Gasteiger partial charge in [0.2, 0.25) is 0 Å². The summed E-state index contributed by atoms with van der Waals surface area (Å²) in [5.41, 5.74) is 5.64. The molecule has 1 aromatic heterocycles. The lowest BCUT2D eigenvalue weighted by molar-refractivity contribution is 1.28. The maximum absolute atomic E-state index is 6.50. The summed E-state index contributed by atoms with van der Waals surface area (Å²) in [5.74, 6) is 0. The monoisotopic (exact) mass is 386 g/mol. The van der Waals surface area contributed by atoms with Gasteiger partial charge >= 0.3 is 0 Å². The zero-order valence-electron chi connectivity index (χ0n) is 13.8. The SMILES string of the molecule is Cc1ccncc1Nc1ccc(C(=S)c2cccc(Cl)c2C)c(Cl)c1. The summed E-state index contributed by atoms with van der Waals surface area (Å²) in [7, 11) is 0. The zero-order valence-corrected chi connectivity index (χ0v) is 16.1. The van der Waals surface area contributed by atoms with E-state index in [4.69, 9.17) is 35.4 Å². The molecule has 0 atom stereocenters. The lowest BCUT2D eigenvalue weighted by Gasteiger charge is -2.13. The molecule has 0 unspecified atom stereocenters. The van der Waals surface area contributed by atoms with Gasteiger partial charge in [0.15, 0.2) is 0 Å². The Labute approximate surface area is 162 Å². The highest BCUT2D eigenvalue weighted by molar-refractivity contribution is 7.81. The molecule has 1 N–H and O–H groups in total. The molecule has 126 valence electrons. The van der Waals surface area contributed by atoms with Crippen LogP contribution in [0.5, 0.6) is 0 Å². The van der Waals surface area contributed by atoms with E-state index in [2.05, 4.69) is 10.3 Å². The molecule has 0 saturated heterocycles. The largest absolute Gasteiger partial charge is 0.354 e. The Morgan fingerprint density at radius 1 is 1.00 bits per heavy atom. The lowest BCUT2D eigenvalue weighted by Crippen LogP contribution is -2.04. The van der Waals surface area contributed by atoms with E-state index < -0.39 is 0 Å². The summed E-state index contributed by atoms with van der Waals surface area (Å²) in [6.45, 7) is 3.98. The summed E-state index contributed by atoms with van der Waals surface area (Å²) in [6, 6.07) is 13.4. The van der Waals surface area contributed by atoms with Gasteiger partial charge in [-0.2, -0.15) is 0 Å². The Balaban J connectivity index is 1.91. The third kappa shape index (κ3) is 3.84. The molecule has 1 heterocycles. The highest BCUT2D eigenvalue weighted by atomic mass is 35.5. The fourth-order valence-electron chi connectivity index (χ4n) is 2.53. The van der Waals surface area contributed by atoms with E-state index in [-0.39, 0.29) is 0 Å². The predicted molar refractivity (Wildman–Crippen MR) is 111 cm³/mol. The van der Waals surface area contributed by atoms with Crippen LogP contribution in [0.15, 0.2) is 54.9 Å². The minimum atomic E-state index is 0.593. The van der Waals surface area contributed by atoms with Crippen LogP contribution in [-0.2, 0) is 0 Å². The summed E-state index contributed by atoms with van der Waals surface area (Å²) in [5, 5.41) is 4.62. The molecule has 2 aromatic carbocycles. The summed E-state index contributed by atoms with van der Waals surface area (Å²) >= 11 is 18.3. The second kappa shape index (κ2) is 7.52. The molecule has 2 nitrogen and oxygen atoms in total. The molecule has 3 aromatic rings. The number of aryl methyl sites for hydroxylation is 1. The highest BCUT2D eigenvalue weighted by Gasteiger charge is 2.13. The average molecular weight is 387 g/mol. The minimum absolute atomic E-state index is 0.593. The number of anilines is 2. The molecule has 0 saturated carbocycles. The van der Waals surface area contributed by atoms with Crippen LogP contribution in [0.25, 0.3) is 0 Å². The normalized spacial score (nSPS) is 10.6. The number of halogens is 2. The fraction of sp³-hybridized carbons (Fsp3) is 0.100. The number of rotatable bonds is 4. The number of nitrogens with zero attached hydrogens (tertiary/aromatic N) is 1. The molecular formula is C20H16Cl2N2S. The smallest absolute Gasteiger partial charge is 0.0600 e. The zero-order chi connectivity index (χ0) is 18.0. The van der Waals surface area contributed by atoms with Crippen molar-refractivity contribution in [3.8, 4) is 0 Å². The van der Waals surface area contributed by atoms with E-state index >= 15 is 0 Å². The van der Waals surface area contributed by atoms with Crippen molar-refractivity contribution in [2.45, 2.75) is 13.8 Å². The number of nitrogens with one attached hydrogen (secondary N) is 1. The van der Waals surface area contributed by atoms with Gasteiger partial charge in [-0.15, -0.1) is 0 Å². The number of pyridine rings is 1. The molecule has 0 bridgehead atoms. The second-order valence-electron chi connectivity index (χ2n) is 5.75. The first-order valence-electron chi connectivity index (χ1n) is 7.74. The standard InChI is InChI=1S/C20H16Cl2N2S/c1-12-8-9-23-11-19(12)24-14-6-7-16(18(22)10-14)20(25)15-4-3-5-17(21)13(15)2/h3-11,24H,1-2H3. The first kappa shape index (κ1) is 17.9. The highest BCUT2D eigenvalue weighted by Crippen LogP contribution is 2.29. The maximum atomic E-state index is 6.50. The van der Waals surface area contributed by atoms with Gasteiger partial charge in [0.1, 0.15) is 0 Å². The van der Waals surface area contributed by atoms with Gasteiger partial charge in [0.25, 0.3) is 0 Å². The van der Waals surface area contributed by atoms with Gasteiger partial charge in [-0.3, -0.25) is 4.98 Å². The predicted octanol–water partition coefficient (Wildman–Crippen LogP) is 6.52. The number of hydrogen-bond donors (Lipinski definition) is 1. The molecule has 5 heteroatoms. The third-order valence-corrected chi connectivity index (χ3v) is 5.21. The van der Waals surface area contributed by atoms with Gasteiger partial charge in [0, 0.05) is 22.5 Å². The van der Waals surface area contributed by atoms with E-state index in [0.717, 1.165) is 33.6 Å². The van der Waals surface area contributed by atoms with Crippen molar-refractivity contribution in [2.75, 3.05) is 5.32 Å². The van der Waals surface area contributed by atoms with Crippen LogP contribution in [0.1, 0.15) is 22.3 Å². The van der Waals surface area contributed by atoms with E-state index in [1.165, 1.54) is 0 Å². The minimum Gasteiger partial charge on any atom is -0.354 e. The van der Waals surface area contributed by atoms with E-state index in [1.807, 2.05) is 56.3 Å². The lowest BCUT2D eigenvalue weighted by atomic mass is 10.00. The molecule has 0 aliphatic heterocycles. The van der Waals surface area contributed by atoms with Crippen LogP contribution in [0, 0.1) is 13.8 Å². The van der Waals surface area contributed by atoms with Crippen molar-refractivity contribution in [3.63, 3.8) is 0 Å². The topological polar surface area (TPSA) is 24.9 Å². The maximum Gasteiger partial charge on any atom is 0.0600 e. The van der Waals surface area contributed by atoms with Crippen LogP contribution in [0.2, 0.25) is 10.0 Å². The molecule has 0 amide bonds. The average Bonchev–Trinajstić information content (AvgIpc) is 2.59. The Morgan fingerprint density at radius 3 is 2.52 bits per heavy atom. The van der Waals surface area contributed by atoms with E-state index in [0.29, 0.717) is 14.9 Å². The molecule has 3 rings (SSSR count). The van der Waals surface area contributed by atoms with Gasteiger partial charge in [0.05, 0.1) is 21.8 Å². The molecular weight excluding hydrogens is 371 g/mol. The number of hydrogen-bond acceptors (Lipinski definition) is 3. The van der Waals surface area contributed by atoms with Crippen molar-refractivity contribution < 1.29 is 0 Å². The van der Waals surface area contributed by atoms with Crippen LogP contribution < -0.4 is 5.32 Å². The number of thiocarbonyl (C=S) groups is 1. The van der Waals surface area contributed by atoms with E-state index in [9.17, 15) is 0 Å². The van der Waals surface area contributed by atoms with Gasteiger partial charge < -0.3 is 5.32 Å². The van der Waals surface area contributed by atoms with Crippen molar-refractivity contribution >= 4 is 51.7 Å². The van der Waals surface area contributed by atoms with Crippen molar-refractivity contribution in [1.82, 2.24) is 4.98 Å². The number of aromatic nitrogens is 1. The van der Waals surface area contributed by atoms with Crippen LogP contribution >= 0.6 is 35.4 Å². The second-order valence-corrected chi connectivity index (χ2v) is 6.97. The van der Waals surface area contributed by atoms with Crippen LogP contribution in [0.4, 0.5) is 11.4 Å². The Morgan fingerprint density at radius 2 is 1.80 bits per heavy atom. The van der Waals surface area contributed by atoms with Crippen LogP contribution in [-0.4, -0.2) is 9.85 Å². The summed E-state index contributed by atoms with van der Waals surface area (Å²) in [6.07, 6.45) is 3.56. The molecule has 25 heavy (non-hydrogen) atoms. The molecule has 0 aliphatic rings. The van der Waals surface area contributed by atoms with Crippen molar-refractivity contribution in [2.24, 2.45) is 0 Å². The van der Waals surface area contributed by atoms with Gasteiger partial charge in [-0.1, -0.05) is 47.6 Å². The fourth-order valence-corrected chi connectivity index (χ4v) is 3.43. The summed E-state index contributed by atoms with van der Waals surface area (Å²) < 4.78 is 0. The van der Waals surface area contributed by atoms with Crippen molar-refractivity contribution in [3.05, 3.63) is 87.2 Å². The molecule has 0 radical (unpaired) electrons. The molecule has 0 fully saturated rings. The summed E-state index contributed by atoms with van der Waals surface area (Å²) in [4.78, 5) is 4.83. The van der Waals surface area contributed by atoms with Gasteiger partial charge in [-0.05, 0) is 60.9 Å². The Kier molecular flexibility index (Phi) is 5.38. The third-order valence-electron chi connectivity index (χ3n) is 4.04. The van der Waals surface area contributed by atoms with Gasteiger partial charge in [-0.25, -0.2) is 0 Å². The quantitative estimate of drug-likeness (QED) is 0.408. The van der Waals surface area contributed by atoms with Crippen molar-refractivity contribution in [1.29, 1.82) is 0 Å².